The molecule has 0 radical (unpaired) electrons. The van der Waals surface area contributed by atoms with Gasteiger partial charge in [0.1, 0.15) is 0 Å². The van der Waals surface area contributed by atoms with Crippen molar-refractivity contribution < 1.29 is 0 Å². The molecule has 2 atom stereocenters. The van der Waals surface area contributed by atoms with Gasteiger partial charge in [-0.25, -0.2) is 4.79 Å². The quantitative estimate of drug-likeness (QED) is 0.711. The second-order valence-electron chi connectivity index (χ2n) is 5.97. The fourth-order valence-electron chi connectivity index (χ4n) is 3.04. The summed E-state index contributed by atoms with van der Waals surface area (Å²) in [5.74, 6) is 1.07. The minimum Gasteiger partial charge on any atom is -0.341 e. The van der Waals surface area contributed by atoms with Gasteiger partial charge in [-0.3, -0.25) is 13.9 Å². The van der Waals surface area contributed by atoms with Crippen LogP contribution in [-0.2, 0) is 14.1 Å². The third-order valence-corrected chi connectivity index (χ3v) is 4.07. The van der Waals surface area contributed by atoms with Crippen LogP contribution in [0.5, 0.6) is 0 Å². The van der Waals surface area contributed by atoms with Crippen molar-refractivity contribution in [2.75, 3.05) is 18.0 Å². The van der Waals surface area contributed by atoms with E-state index in [1.165, 1.54) is 11.6 Å². The smallest absolute Gasteiger partial charge is 0.332 e. The number of aryl methyl sites for hydroxylation is 1. The first-order valence-electron chi connectivity index (χ1n) is 7.04. The molecule has 2 aromatic heterocycles. The number of imidazole rings is 1. The predicted octanol–water partition coefficient (Wildman–Crippen LogP) is -0.866. The summed E-state index contributed by atoms with van der Waals surface area (Å²) in [7, 11) is 3.07. The van der Waals surface area contributed by atoms with E-state index in [4.69, 9.17) is 5.73 Å². The van der Waals surface area contributed by atoms with Gasteiger partial charge in [0.2, 0.25) is 5.95 Å². The Morgan fingerprint density at radius 3 is 2.62 bits per heavy atom. The van der Waals surface area contributed by atoms with Gasteiger partial charge >= 0.3 is 5.69 Å². The molecule has 0 saturated carbocycles. The normalized spacial score (nSPS) is 23.0. The van der Waals surface area contributed by atoms with E-state index in [9.17, 15) is 9.59 Å². The van der Waals surface area contributed by atoms with E-state index in [-0.39, 0.29) is 17.3 Å². The number of nitrogens with one attached hydrogen (secondary N) is 1. The van der Waals surface area contributed by atoms with Crippen LogP contribution in [0.2, 0.25) is 0 Å². The lowest BCUT2D eigenvalue weighted by Gasteiger charge is -2.34. The van der Waals surface area contributed by atoms with Gasteiger partial charge in [0, 0.05) is 33.2 Å². The molecule has 1 fully saturated rings. The monoisotopic (exact) mass is 292 g/mol. The number of nitrogens with zero attached hydrogens (tertiary/aromatic N) is 4. The molecule has 2 unspecified atom stereocenters. The first-order valence-corrected chi connectivity index (χ1v) is 7.04. The van der Waals surface area contributed by atoms with Crippen LogP contribution in [-0.4, -0.2) is 38.2 Å². The molecule has 3 N–H and O–H groups in total. The highest BCUT2D eigenvalue weighted by Gasteiger charge is 2.25. The third kappa shape index (κ3) is 2.15. The Balaban J connectivity index is 2.14. The number of hydrogen-bond acceptors (Lipinski definition) is 5. The van der Waals surface area contributed by atoms with E-state index in [1.807, 2.05) is 4.90 Å². The molecular weight excluding hydrogens is 272 g/mol. The number of aromatic amines is 1. The van der Waals surface area contributed by atoms with Crippen molar-refractivity contribution in [3.8, 4) is 0 Å². The Morgan fingerprint density at radius 1 is 1.24 bits per heavy atom. The minimum absolute atomic E-state index is 0.0913. The van der Waals surface area contributed by atoms with Crippen molar-refractivity contribution in [3.05, 3.63) is 20.8 Å². The predicted molar refractivity (Wildman–Crippen MR) is 80.5 cm³/mol. The van der Waals surface area contributed by atoms with Crippen LogP contribution in [0, 0.1) is 5.92 Å². The average Bonchev–Trinajstić information content (AvgIpc) is 2.87. The molecule has 2 aromatic rings. The van der Waals surface area contributed by atoms with Crippen LogP contribution in [0.4, 0.5) is 5.95 Å². The molecule has 1 aliphatic rings. The maximum Gasteiger partial charge on any atom is 0.332 e. The average molecular weight is 292 g/mol. The molecule has 0 bridgehead atoms. The number of piperidine rings is 1. The van der Waals surface area contributed by atoms with Crippen LogP contribution < -0.4 is 21.9 Å². The molecular formula is C13H20N6O2. The van der Waals surface area contributed by atoms with Gasteiger partial charge in [0.25, 0.3) is 5.56 Å². The van der Waals surface area contributed by atoms with Gasteiger partial charge in [0.05, 0.1) is 0 Å². The van der Waals surface area contributed by atoms with E-state index in [1.54, 1.807) is 7.05 Å². The van der Waals surface area contributed by atoms with Crippen molar-refractivity contribution >= 4 is 17.1 Å². The lowest BCUT2D eigenvalue weighted by atomic mass is 9.97. The fraction of sp³-hybridized carbons (Fsp3) is 0.615. The van der Waals surface area contributed by atoms with Crippen LogP contribution in [0.15, 0.2) is 9.59 Å². The summed E-state index contributed by atoms with van der Waals surface area (Å²) in [4.78, 5) is 33.6. The highest BCUT2D eigenvalue weighted by Crippen LogP contribution is 2.21. The molecule has 21 heavy (non-hydrogen) atoms. The van der Waals surface area contributed by atoms with Gasteiger partial charge in [-0.1, -0.05) is 6.92 Å². The molecule has 3 heterocycles. The highest BCUT2D eigenvalue weighted by atomic mass is 16.2. The molecule has 0 aliphatic carbocycles. The highest BCUT2D eigenvalue weighted by molar-refractivity contribution is 5.73. The number of anilines is 1. The molecule has 3 rings (SSSR count). The van der Waals surface area contributed by atoms with E-state index in [0.717, 1.165) is 17.5 Å². The zero-order valence-electron chi connectivity index (χ0n) is 12.5. The standard InChI is InChI=1S/C13H20N6O2/c1-7-4-8(14)6-19(5-7)12-15-9-10(16-12)17(2)13(21)18(3)11(9)20/h7-8H,4-6,14H2,1-3H3,(H,15,16). The summed E-state index contributed by atoms with van der Waals surface area (Å²) in [6, 6.07) is 0.0913. The van der Waals surface area contributed by atoms with Gasteiger partial charge in [-0.2, -0.15) is 4.98 Å². The summed E-state index contributed by atoms with van der Waals surface area (Å²) < 4.78 is 2.46. The number of nitrogens with two attached hydrogens (primary N) is 1. The molecule has 114 valence electrons. The second kappa shape index (κ2) is 4.73. The number of aromatic nitrogens is 4. The Hall–Kier alpha value is -2.09. The maximum atomic E-state index is 12.2. The van der Waals surface area contributed by atoms with Gasteiger partial charge < -0.3 is 15.6 Å². The van der Waals surface area contributed by atoms with Crippen molar-refractivity contribution in [1.29, 1.82) is 0 Å². The van der Waals surface area contributed by atoms with E-state index in [2.05, 4.69) is 16.9 Å². The maximum absolute atomic E-state index is 12.2. The molecule has 0 aromatic carbocycles. The fourth-order valence-corrected chi connectivity index (χ4v) is 3.04. The summed E-state index contributed by atoms with van der Waals surface area (Å²) in [6.07, 6.45) is 0.983. The molecule has 0 spiro atoms. The van der Waals surface area contributed by atoms with Crippen molar-refractivity contribution in [1.82, 2.24) is 19.1 Å². The molecule has 8 heteroatoms. The Kier molecular flexibility index (Phi) is 3.12. The van der Waals surface area contributed by atoms with Crippen LogP contribution >= 0.6 is 0 Å². The summed E-state index contributed by atoms with van der Waals surface area (Å²) in [6.45, 7) is 3.67. The van der Waals surface area contributed by atoms with Gasteiger partial charge in [-0.15, -0.1) is 0 Å². The first-order chi connectivity index (χ1) is 9.88. The minimum atomic E-state index is -0.380. The Labute approximate surface area is 121 Å². The van der Waals surface area contributed by atoms with Crippen molar-refractivity contribution in [3.63, 3.8) is 0 Å². The summed E-state index contributed by atoms with van der Waals surface area (Å²) >= 11 is 0. The van der Waals surface area contributed by atoms with Crippen LogP contribution in [0.25, 0.3) is 11.2 Å². The first kappa shape index (κ1) is 13.9. The van der Waals surface area contributed by atoms with E-state index < -0.39 is 0 Å². The third-order valence-electron chi connectivity index (χ3n) is 4.07. The topological polar surface area (TPSA) is 102 Å². The molecule has 1 saturated heterocycles. The lowest BCUT2D eigenvalue weighted by Crippen LogP contribution is -2.46. The van der Waals surface area contributed by atoms with Gasteiger partial charge in [-0.05, 0) is 12.3 Å². The molecule has 8 nitrogen and oxygen atoms in total. The number of hydrogen-bond donors (Lipinski definition) is 2. The van der Waals surface area contributed by atoms with Crippen molar-refractivity contribution in [2.45, 2.75) is 19.4 Å². The SMILES string of the molecule is CC1CC(N)CN(c2nc3c([nH]2)c(=O)n(C)c(=O)n3C)C1. The molecule has 1 aliphatic heterocycles. The molecule has 0 amide bonds. The van der Waals surface area contributed by atoms with Crippen molar-refractivity contribution in [2.24, 2.45) is 25.7 Å². The Morgan fingerprint density at radius 2 is 1.95 bits per heavy atom. The van der Waals surface area contributed by atoms with E-state index >= 15 is 0 Å². The Bertz CT molecular complexity index is 791. The van der Waals surface area contributed by atoms with Crippen LogP contribution in [0.1, 0.15) is 13.3 Å². The zero-order valence-corrected chi connectivity index (χ0v) is 12.5. The summed E-state index contributed by atoms with van der Waals surface area (Å²) in [5, 5.41) is 0. The van der Waals surface area contributed by atoms with Crippen LogP contribution in [0.3, 0.4) is 0 Å². The number of H-pyrrole nitrogens is 1. The number of fused-ring (bicyclic) bond motifs is 1. The second-order valence-corrected chi connectivity index (χ2v) is 5.97. The summed E-state index contributed by atoms with van der Waals surface area (Å²) in [5.41, 5.74) is 6.04. The van der Waals surface area contributed by atoms with E-state index in [0.29, 0.717) is 29.6 Å². The lowest BCUT2D eigenvalue weighted by molar-refractivity contribution is 0.398. The van der Waals surface area contributed by atoms with Gasteiger partial charge in [0.15, 0.2) is 11.2 Å². The largest absolute Gasteiger partial charge is 0.341 e. The zero-order chi connectivity index (χ0) is 15.3. The number of rotatable bonds is 1.